The van der Waals surface area contributed by atoms with Crippen molar-refractivity contribution in [3.05, 3.63) is 528 Å². The van der Waals surface area contributed by atoms with E-state index in [1.165, 1.54) is 54.1 Å². The summed E-state index contributed by atoms with van der Waals surface area (Å²) in [5, 5.41) is 18.3. The average Bonchev–Trinajstić information content (AvgIpc) is 0.831. The molecule has 0 aliphatic rings. The van der Waals surface area contributed by atoms with Crippen LogP contribution < -0.4 is 0 Å². The van der Waals surface area contributed by atoms with Gasteiger partial charge in [0, 0.05) is 144 Å². The number of para-hydroxylation sites is 1. The summed E-state index contributed by atoms with van der Waals surface area (Å²) in [6, 6.07) is 162. The number of allylic oxidation sites excluding steroid dienone is 2. The first-order valence-electron chi connectivity index (χ1n) is 41.2. The first-order valence-corrected chi connectivity index (χ1v) is 41.2. The molecule has 0 saturated carbocycles. The van der Waals surface area contributed by atoms with E-state index < -0.39 is 0 Å². The second kappa shape index (κ2) is 57.3. The molecule has 0 aliphatic heterocycles. The van der Waals surface area contributed by atoms with E-state index >= 15 is 0 Å². The topological polar surface area (TPSA) is 151 Å². The van der Waals surface area contributed by atoms with Gasteiger partial charge in [0.1, 0.15) is 5.82 Å². The van der Waals surface area contributed by atoms with Gasteiger partial charge < -0.3 is 35.0 Å². The number of aromatic nitrogens is 7. The van der Waals surface area contributed by atoms with Crippen molar-refractivity contribution in [3.8, 4) is 141 Å². The molecule has 0 aliphatic carbocycles. The van der Waals surface area contributed by atoms with Gasteiger partial charge in [0.05, 0.1) is 22.9 Å². The Labute approximate surface area is 845 Å². The van der Waals surface area contributed by atoms with Gasteiger partial charge in [-0.2, -0.15) is 5.26 Å². The van der Waals surface area contributed by atoms with E-state index in [9.17, 15) is 9.18 Å². The Bertz CT molecular complexity index is 6260. The SMILES string of the molecule is CC(=O)C=C(C)O.Fc1ccc(-c2ccc(-c3[c-]cccc3)nc2)cc1.N#Cc1ccc(-c2ccc(-c3[c-]cccc3)nc2)cc1.[Ir].[Ir].[Ir].[Ir].[Ir].[c-]1ccccc1-c1ccc(-c2ccccc2)cn1.[c-]1ccccc1-c1ccc(-c2ccccc2)cn1.[c-]1ccccc1-c1ccc(-c2ccccc2)cn1.[c-]1ccccc1-c1ccc2ccccc2n1.[c-]1ccccc1-c1ccccn1. The smallest absolute Gasteiger partial charge is 0.155 e. The fourth-order valence-electron chi connectivity index (χ4n) is 12.8. The number of aliphatic hydroxyl groups is 1. The molecule has 0 bridgehead atoms. The third-order valence-corrected chi connectivity index (χ3v) is 19.2. The number of pyridine rings is 7. The van der Waals surface area contributed by atoms with Gasteiger partial charge in [-0.15, -0.1) is 251 Å². The summed E-state index contributed by atoms with van der Waals surface area (Å²) in [5.41, 5.74) is 26.4. The fourth-order valence-corrected chi connectivity index (χ4v) is 12.8. The van der Waals surface area contributed by atoms with Crippen LogP contribution in [0.25, 0.3) is 145 Å². The number of ketones is 1. The van der Waals surface area contributed by atoms with Crippen LogP contribution in [0.2, 0.25) is 0 Å². The van der Waals surface area contributed by atoms with E-state index in [-0.39, 0.29) is 118 Å². The Morgan fingerprint density at radius 2 is 0.534 bits per heavy atom. The van der Waals surface area contributed by atoms with Gasteiger partial charge in [0.15, 0.2) is 5.78 Å². The number of fused-ring (bicyclic) bond motifs is 1. The fraction of sp³-hybridized carbons (Fsp3) is 0.0171. The molecule has 0 saturated heterocycles. The predicted molar refractivity (Wildman–Crippen MR) is 516 cm³/mol. The number of hydrogen-bond acceptors (Lipinski definition) is 10. The molecule has 7 aromatic heterocycles. The number of carbonyl (C=O) groups is 1. The monoisotopic (exact) mass is 2620 g/mol. The third kappa shape index (κ3) is 33.4. The molecule has 20 rings (SSSR count). The van der Waals surface area contributed by atoms with E-state index in [1.54, 1.807) is 24.5 Å². The number of hydrogen-bond donors (Lipinski definition) is 1. The molecule has 0 unspecified atom stereocenters. The van der Waals surface area contributed by atoms with Crippen LogP contribution in [0.15, 0.2) is 474 Å². The van der Waals surface area contributed by atoms with Gasteiger partial charge in [0.25, 0.3) is 0 Å². The summed E-state index contributed by atoms with van der Waals surface area (Å²) < 4.78 is 12.9. The average molecular weight is 2610 g/mol. The maximum atomic E-state index is 12.9. The normalized spacial score (nSPS) is 9.86. The summed E-state index contributed by atoms with van der Waals surface area (Å²) in [6.07, 6.45) is 12.3. The molecule has 10 nitrogen and oxygen atoms in total. The number of halogens is 1. The van der Waals surface area contributed by atoms with Crippen LogP contribution in [0, 0.1) is 59.6 Å². The van der Waals surface area contributed by atoms with E-state index in [0.717, 1.165) is 123 Å². The molecule has 133 heavy (non-hydrogen) atoms. The van der Waals surface area contributed by atoms with Crippen molar-refractivity contribution in [2.75, 3.05) is 0 Å². The van der Waals surface area contributed by atoms with Crippen molar-refractivity contribution < 1.29 is 115 Å². The summed E-state index contributed by atoms with van der Waals surface area (Å²) in [7, 11) is 0. The summed E-state index contributed by atoms with van der Waals surface area (Å²) >= 11 is 0. The third-order valence-electron chi connectivity index (χ3n) is 19.2. The molecule has 0 atom stereocenters. The van der Waals surface area contributed by atoms with Gasteiger partial charge in [-0.05, 0) is 151 Å². The van der Waals surface area contributed by atoms with Gasteiger partial charge in [-0.3, -0.25) is 9.78 Å². The molecule has 20 aromatic rings. The van der Waals surface area contributed by atoms with Crippen molar-refractivity contribution >= 4 is 16.7 Å². The molecule has 0 fully saturated rings. The number of nitriles is 1. The summed E-state index contributed by atoms with van der Waals surface area (Å²) in [5.74, 6) is -0.292. The molecule has 5 radical (unpaired) electrons. The molecular weight excluding hydrogens is 2530 g/mol. The van der Waals surface area contributed by atoms with Crippen LogP contribution in [0.3, 0.4) is 0 Å². The van der Waals surface area contributed by atoms with Crippen LogP contribution in [-0.2, 0) is 105 Å². The Morgan fingerprint density at radius 3 is 0.789 bits per heavy atom. The van der Waals surface area contributed by atoms with Crippen LogP contribution >= 0.6 is 0 Å². The Balaban J connectivity index is 0.000000188. The predicted octanol–water partition coefficient (Wildman–Crippen LogP) is 28.4. The number of rotatable bonds is 13. The zero-order valence-corrected chi connectivity index (χ0v) is 83.9. The second-order valence-electron chi connectivity index (χ2n) is 28.4. The van der Waals surface area contributed by atoms with Gasteiger partial charge in [-0.25, -0.2) is 4.39 Å². The second-order valence-corrected chi connectivity index (χ2v) is 28.4. The standard InChI is InChI=1S/C18H11N2.C17H11FN.3C17H12N.C15H10N.C11H8N.C5H8O2.5Ir/c19-12-14-6-8-15(9-7-14)17-10-11-18(20-13-17)16-4-2-1-3-5-16;18-16-9-6-13(7-10-16)15-8-11-17(19-12-15)14-4-2-1-3-5-14;3*1-3-7-14(8-4-1)16-11-12-17(18-13-16)15-9-5-2-6-10-15;1-2-6-12(7-3-1)15-11-10-13-8-4-5-9-14(13)16-15;1-2-6-10(7-3-1)11-8-4-5-9-12-11;1-4(6)3-5(2)7;;;;;/h1-4,6-11,13H;1-4,6-12H;3*1-9,11-13H;1-6,8-11H;1-6,8-9H;3,6H,1-2H3;;;;;/q7*-1;;;;;;. The quantitative estimate of drug-likeness (QED) is 0.0671. The molecule has 1 N–H and O–H groups in total. The molecule has 13 aromatic carbocycles. The first kappa shape index (κ1) is 104. The van der Waals surface area contributed by atoms with E-state index in [1.807, 2.05) is 358 Å². The number of nitrogens with zero attached hydrogens (tertiary/aromatic N) is 8. The zero-order chi connectivity index (χ0) is 88.4. The molecule has 16 heteroatoms. The van der Waals surface area contributed by atoms with Crippen molar-refractivity contribution in [2.45, 2.75) is 13.8 Å². The summed E-state index contributed by atoms with van der Waals surface area (Å²) in [6.45, 7) is 2.85. The number of carbonyl (C=O) groups excluding carboxylic acids is 1. The minimum atomic E-state index is -0.229. The summed E-state index contributed by atoms with van der Waals surface area (Å²) in [4.78, 5) is 41.2. The van der Waals surface area contributed by atoms with Gasteiger partial charge in [0.2, 0.25) is 0 Å². The van der Waals surface area contributed by atoms with Gasteiger partial charge >= 0.3 is 0 Å². The zero-order valence-electron chi connectivity index (χ0n) is 71.9. The maximum absolute atomic E-state index is 12.9. The first-order chi connectivity index (χ1) is 63.0. The van der Waals surface area contributed by atoms with Crippen molar-refractivity contribution in [2.24, 2.45) is 0 Å². The van der Waals surface area contributed by atoms with Crippen LogP contribution in [0.1, 0.15) is 19.4 Å². The van der Waals surface area contributed by atoms with Crippen LogP contribution in [-0.4, -0.2) is 45.8 Å². The van der Waals surface area contributed by atoms with Crippen molar-refractivity contribution in [3.63, 3.8) is 0 Å². The van der Waals surface area contributed by atoms with Crippen LogP contribution in [0.5, 0.6) is 0 Å². The molecule has 0 amide bonds. The van der Waals surface area contributed by atoms with Crippen molar-refractivity contribution in [1.82, 2.24) is 34.9 Å². The number of aliphatic hydroxyl groups excluding tert-OH is 1. The molecular formula is C117H84FIr5N8O2-7. The minimum Gasteiger partial charge on any atom is -0.512 e. The maximum Gasteiger partial charge on any atom is 0.155 e. The van der Waals surface area contributed by atoms with Gasteiger partial charge in [-0.1, -0.05) is 218 Å². The molecule has 0 spiro atoms. The van der Waals surface area contributed by atoms with Crippen LogP contribution in [0.4, 0.5) is 4.39 Å². The number of benzene rings is 13. The molecule has 663 valence electrons. The Hall–Kier alpha value is -14.0. The minimum absolute atomic E-state index is 0. The van der Waals surface area contributed by atoms with Crippen molar-refractivity contribution in [1.29, 1.82) is 5.26 Å². The van der Waals surface area contributed by atoms with E-state index in [2.05, 4.69) is 150 Å². The Kier molecular flexibility index (Phi) is 45.0. The van der Waals surface area contributed by atoms with E-state index in [0.29, 0.717) is 5.56 Å². The largest absolute Gasteiger partial charge is 0.512 e. The molecule has 7 heterocycles. The Morgan fingerprint density at radius 1 is 0.278 bits per heavy atom. The van der Waals surface area contributed by atoms with E-state index in [4.69, 9.17) is 10.4 Å².